The second-order valence-corrected chi connectivity index (χ2v) is 8.36. The van der Waals surface area contributed by atoms with Crippen LogP contribution >= 0.6 is 0 Å². The smallest absolute Gasteiger partial charge is 0.271 e. The molecule has 1 amide bonds. The Labute approximate surface area is 151 Å². The van der Waals surface area contributed by atoms with Crippen molar-refractivity contribution in [2.24, 2.45) is 0 Å². The summed E-state index contributed by atoms with van der Waals surface area (Å²) in [5.41, 5.74) is 2.22. The molecule has 0 bridgehead atoms. The van der Waals surface area contributed by atoms with Crippen molar-refractivity contribution < 1.29 is 18.1 Å². The Hall–Kier alpha value is -2.74. The standard InChI is InChI=1S/C18H18N2O5S/c1-13-2-6-16(7-3-13)26(24,25)11-9-18(21)19-10-8-14-4-5-15(20(22)23)12-17(14)19/h2-7,12H,8-11H2,1H3. The molecule has 7 nitrogen and oxygen atoms in total. The number of anilines is 1. The van der Waals surface area contributed by atoms with Gasteiger partial charge in [-0.15, -0.1) is 0 Å². The molecule has 0 saturated heterocycles. The molecule has 0 aliphatic carbocycles. The third-order valence-corrected chi connectivity index (χ3v) is 6.17. The van der Waals surface area contributed by atoms with Crippen molar-refractivity contribution in [3.63, 3.8) is 0 Å². The van der Waals surface area contributed by atoms with Gasteiger partial charge < -0.3 is 4.90 Å². The lowest BCUT2D eigenvalue weighted by molar-refractivity contribution is -0.384. The van der Waals surface area contributed by atoms with E-state index >= 15 is 0 Å². The summed E-state index contributed by atoms with van der Waals surface area (Å²) < 4.78 is 24.8. The van der Waals surface area contributed by atoms with Crippen LogP contribution in [0.25, 0.3) is 0 Å². The number of nitrogens with zero attached hydrogens (tertiary/aromatic N) is 2. The summed E-state index contributed by atoms with van der Waals surface area (Å²) >= 11 is 0. The molecule has 0 saturated carbocycles. The van der Waals surface area contributed by atoms with Gasteiger partial charge in [-0.1, -0.05) is 23.8 Å². The molecular weight excluding hydrogens is 356 g/mol. The van der Waals surface area contributed by atoms with Crippen molar-refractivity contribution in [1.82, 2.24) is 0 Å². The quantitative estimate of drug-likeness (QED) is 0.592. The highest BCUT2D eigenvalue weighted by atomic mass is 32.2. The molecule has 2 aromatic carbocycles. The lowest BCUT2D eigenvalue weighted by Gasteiger charge is -2.17. The predicted octanol–water partition coefficient (Wildman–Crippen LogP) is 2.66. The van der Waals surface area contributed by atoms with Crippen LogP contribution in [0.1, 0.15) is 17.5 Å². The zero-order valence-electron chi connectivity index (χ0n) is 14.2. The van der Waals surface area contributed by atoms with E-state index in [0.29, 0.717) is 18.7 Å². The van der Waals surface area contributed by atoms with Gasteiger partial charge in [0.2, 0.25) is 5.91 Å². The van der Waals surface area contributed by atoms with Gasteiger partial charge in [0.15, 0.2) is 9.84 Å². The molecule has 0 N–H and O–H groups in total. The number of nitro benzene ring substituents is 1. The fourth-order valence-electron chi connectivity index (χ4n) is 2.96. The topological polar surface area (TPSA) is 97.6 Å². The first-order valence-corrected chi connectivity index (χ1v) is 9.80. The monoisotopic (exact) mass is 374 g/mol. The minimum absolute atomic E-state index is 0.0873. The summed E-state index contributed by atoms with van der Waals surface area (Å²) in [6.07, 6.45) is 0.433. The third kappa shape index (κ3) is 3.60. The average molecular weight is 374 g/mol. The van der Waals surface area contributed by atoms with Gasteiger partial charge >= 0.3 is 0 Å². The zero-order chi connectivity index (χ0) is 18.9. The Bertz CT molecular complexity index is 968. The van der Waals surface area contributed by atoms with E-state index in [-0.39, 0.29) is 28.7 Å². The van der Waals surface area contributed by atoms with Crippen LogP contribution in [-0.4, -0.2) is 31.5 Å². The summed E-state index contributed by atoms with van der Waals surface area (Å²) in [7, 11) is -3.56. The number of non-ortho nitro benzene ring substituents is 1. The molecule has 3 rings (SSSR count). The number of benzene rings is 2. The Morgan fingerprint density at radius 3 is 2.54 bits per heavy atom. The van der Waals surface area contributed by atoms with Crippen LogP contribution in [0.15, 0.2) is 47.4 Å². The number of fused-ring (bicyclic) bond motifs is 1. The molecule has 26 heavy (non-hydrogen) atoms. The maximum atomic E-state index is 12.5. The first-order valence-electron chi connectivity index (χ1n) is 8.15. The Balaban J connectivity index is 1.73. The molecule has 1 aliphatic heterocycles. The van der Waals surface area contributed by atoms with E-state index in [4.69, 9.17) is 0 Å². The molecule has 0 spiro atoms. The summed E-state index contributed by atoms with van der Waals surface area (Å²) in [6.45, 7) is 2.27. The van der Waals surface area contributed by atoms with E-state index in [2.05, 4.69) is 0 Å². The molecule has 1 aliphatic rings. The molecule has 0 aromatic heterocycles. The van der Waals surface area contributed by atoms with Crippen molar-refractivity contribution in [1.29, 1.82) is 0 Å². The largest absolute Gasteiger partial charge is 0.312 e. The van der Waals surface area contributed by atoms with Gasteiger partial charge in [-0.25, -0.2) is 8.42 Å². The minimum atomic E-state index is -3.56. The maximum Gasteiger partial charge on any atom is 0.271 e. The number of nitro groups is 1. The van der Waals surface area contributed by atoms with Gasteiger partial charge in [0.05, 0.1) is 21.3 Å². The van der Waals surface area contributed by atoms with Gasteiger partial charge in [0, 0.05) is 25.1 Å². The number of hydrogen-bond donors (Lipinski definition) is 0. The Morgan fingerprint density at radius 1 is 1.19 bits per heavy atom. The van der Waals surface area contributed by atoms with Crippen LogP contribution in [0.5, 0.6) is 0 Å². The minimum Gasteiger partial charge on any atom is -0.312 e. The van der Waals surface area contributed by atoms with Crippen LogP contribution in [0, 0.1) is 17.0 Å². The van der Waals surface area contributed by atoms with Crippen molar-refractivity contribution in [2.45, 2.75) is 24.7 Å². The fourth-order valence-corrected chi connectivity index (χ4v) is 4.19. The fraction of sp³-hybridized carbons (Fsp3) is 0.278. The lowest BCUT2D eigenvalue weighted by Crippen LogP contribution is -2.30. The lowest BCUT2D eigenvalue weighted by atomic mass is 10.1. The highest BCUT2D eigenvalue weighted by Gasteiger charge is 2.27. The molecule has 8 heteroatoms. The van der Waals surface area contributed by atoms with Crippen LogP contribution in [0.2, 0.25) is 0 Å². The number of aryl methyl sites for hydroxylation is 1. The van der Waals surface area contributed by atoms with E-state index in [1.165, 1.54) is 29.2 Å². The van der Waals surface area contributed by atoms with E-state index in [1.807, 2.05) is 6.92 Å². The number of rotatable bonds is 5. The molecule has 0 radical (unpaired) electrons. The summed E-state index contributed by atoms with van der Waals surface area (Å²) in [5.74, 6) is -0.643. The highest BCUT2D eigenvalue weighted by Crippen LogP contribution is 2.32. The highest BCUT2D eigenvalue weighted by molar-refractivity contribution is 7.91. The third-order valence-electron chi connectivity index (χ3n) is 4.44. The first-order chi connectivity index (χ1) is 12.3. The summed E-state index contributed by atoms with van der Waals surface area (Å²) in [5, 5.41) is 10.9. The number of amides is 1. The van der Waals surface area contributed by atoms with Crippen LogP contribution in [0.4, 0.5) is 11.4 Å². The van der Waals surface area contributed by atoms with E-state index < -0.39 is 14.8 Å². The first kappa shape index (κ1) is 18.1. The number of carbonyl (C=O) groups excluding carboxylic acids is 1. The van der Waals surface area contributed by atoms with Crippen molar-refractivity contribution >= 4 is 27.1 Å². The molecule has 0 atom stereocenters. The van der Waals surface area contributed by atoms with E-state index in [0.717, 1.165) is 11.1 Å². The second-order valence-electron chi connectivity index (χ2n) is 6.25. The molecule has 136 valence electrons. The van der Waals surface area contributed by atoms with Crippen molar-refractivity contribution in [3.05, 3.63) is 63.7 Å². The molecule has 2 aromatic rings. The van der Waals surface area contributed by atoms with Gasteiger partial charge in [-0.3, -0.25) is 14.9 Å². The van der Waals surface area contributed by atoms with Gasteiger partial charge in [-0.05, 0) is 31.0 Å². The van der Waals surface area contributed by atoms with E-state index in [1.54, 1.807) is 18.2 Å². The number of sulfone groups is 1. The summed E-state index contributed by atoms with van der Waals surface area (Å²) in [6, 6.07) is 10.9. The number of hydrogen-bond acceptors (Lipinski definition) is 5. The molecule has 0 fully saturated rings. The van der Waals surface area contributed by atoms with E-state index in [9.17, 15) is 23.3 Å². The normalized spacial score (nSPS) is 13.5. The second kappa shape index (κ2) is 6.87. The zero-order valence-corrected chi connectivity index (χ0v) is 15.0. The van der Waals surface area contributed by atoms with Gasteiger partial charge in [-0.2, -0.15) is 0 Å². The van der Waals surface area contributed by atoms with Crippen LogP contribution in [-0.2, 0) is 21.1 Å². The summed E-state index contributed by atoms with van der Waals surface area (Å²) in [4.78, 5) is 24.6. The predicted molar refractivity (Wildman–Crippen MR) is 97.0 cm³/mol. The van der Waals surface area contributed by atoms with Crippen LogP contribution in [0.3, 0.4) is 0 Å². The maximum absolute atomic E-state index is 12.5. The number of carbonyl (C=O) groups is 1. The average Bonchev–Trinajstić information content (AvgIpc) is 3.03. The molecule has 0 unspecified atom stereocenters. The van der Waals surface area contributed by atoms with Gasteiger partial charge in [0.1, 0.15) is 0 Å². The molecular formula is C18H18N2O5S. The Kier molecular flexibility index (Phi) is 4.78. The SMILES string of the molecule is Cc1ccc(S(=O)(=O)CCC(=O)N2CCc3ccc([N+](=O)[O-])cc32)cc1. The molecule has 1 heterocycles. The van der Waals surface area contributed by atoms with Crippen molar-refractivity contribution in [3.8, 4) is 0 Å². The van der Waals surface area contributed by atoms with Crippen LogP contribution < -0.4 is 4.90 Å². The Morgan fingerprint density at radius 2 is 1.88 bits per heavy atom. The van der Waals surface area contributed by atoms with Gasteiger partial charge in [0.25, 0.3) is 5.69 Å². The van der Waals surface area contributed by atoms with Crippen molar-refractivity contribution in [2.75, 3.05) is 17.2 Å².